The molecule has 0 heterocycles. The first-order valence-electron chi connectivity index (χ1n) is 5.95. The second-order valence-electron chi connectivity index (χ2n) is 4.46. The monoisotopic (exact) mass is 218 g/mol. The zero-order valence-electron chi connectivity index (χ0n) is 9.74. The van der Waals surface area contributed by atoms with Crippen LogP contribution in [0.25, 0.3) is 0 Å². The van der Waals surface area contributed by atoms with Crippen LogP contribution in [0.2, 0.25) is 0 Å². The van der Waals surface area contributed by atoms with Crippen LogP contribution in [0.4, 0.5) is 0 Å². The average Bonchev–Trinajstić information content (AvgIpc) is 2.32. The molecule has 0 bridgehead atoms. The van der Waals surface area contributed by atoms with Gasteiger partial charge in [-0.2, -0.15) is 0 Å². The molecule has 0 saturated heterocycles. The number of ketones is 1. The molecule has 2 nitrogen and oxygen atoms in total. The number of hydrogen-bond acceptors (Lipinski definition) is 2. The molecule has 1 fully saturated rings. The van der Waals surface area contributed by atoms with E-state index in [1.807, 2.05) is 18.2 Å². The predicted molar refractivity (Wildman–Crippen MR) is 63.7 cm³/mol. The average molecular weight is 218 g/mol. The molecule has 0 radical (unpaired) electrons. The third-order valence-electron chi connectivity index (χ3n) is 3.30. The Labute approximate surface area is 96.6 Å². The largest absolute Gasteiger partial charge is 0.497 e. The van der Waals surface area contributed by atoms with Crippen LogP contribution in [0.1, 0.15) is 31.2 Å². The van der Waals surface area contributed by atoms with Crippen molar-refractivity contribution < 1.29 is 9.53 Å². The minimum atomic E-state index is 0.237. The van der Waals surface area contributed by atoms with Gasteiger partial charge in [0.1, 0.15) is 11.5 Å². The van der Waals surface area contributed by atoms with Crippen molar-refractivity contribution in [3.05, 3.63) is 29.8 Å². The van der Waals surface area contributed by atoms with Crippen LogP contribution in [0, 0.1) is 5.92 Å². The number of benzene rings is 1. The van der Waals surface area contributed by atoms with Crippen molar-refractivity contribution in [3.8, 4) is 5.75 Å². The van der Waals surface area contributed by atoms with Gasteiger partial charge in [-0.3, -0.25) is 4.79 Å². The van der Waals surface area contributed by atoms with E-state index >= 15 is 0 Å². The van der Waals surface area contributed by atoms with Gasteiger partial charge < -0.3 is 4.74 Å². The van der Waals surface area contributed by atoms with Gasteiger partial charge in [0, 0.05) is 12.3 Å². The molecule has 1 aromatic rings. The van der Waals surface area contributed by atoms with Crippen LogP contribution in [0.5, 0.6) is 5.75 Å². The van der Waals surface area contributed by atoms with Gasteiger partial charge in [-0.15, -0.1) is 0 Å². The molecular formula is C14H18O2. The second-order valence-corrected chi connectivity index (χ2v) is 4.46. The molecular weight excluding hydrogens is 200 g/mol. The van der Waals surface area contributed by atoms with Crippen LogP contribution in [0.15, 0.2) is 24.3 Å². The van der Waals surface area contributed by atoms with Crippen molar-refractivity contribution in [2.45, 2.75) is 32.1 Å². The number of carbonyl (C=O) groups excluding carboxylic acids is 1. The maximum Gasteiger partial charge on any atom is 0.136 e. The van der Waals surface area contributed by atoms with Gasteiger partial charge in [-0.1, -0.05) is 18.6 Å². The Balaban J connectivity index is 2.04. The van der Waals surface area contributed by atoms with Crippen LogP contribution in [-0.2, 0) is 11.2 Å². The van der Waals surface area contributed by atoms with Gasteiger partial charge in [0.15, 0.2) is 0 Å². The molecule has 86 valence electrons. The lowest BCUT2D eigenvalue weighted by molar-refractivity contribution is -0.124. The lowest BCUT2D eigenvalue weighted by Crippen LogP contribution is -2.20. The first-order chi connectivity index (χ1) is 7.79. The second kappa shape index (κ2) is 5.15. The Morgan fingerprint density at radius 2 is 2.25 bits per heavy atom. The van der Waals surface area contributed by atoms with E-state index in [0.717, 1.165) is 31.4 Å². The van der Waals surface area contributed by atoms with Crippen LogP contribution in [-0.4, -0.2) is 12.9 Å². The van der Waals surface area contributed by atoms with Crippen molar-refractivity contribution in [2.75, 3.05) is 7.11 Å². The van der Waals surface area contributed by atoms with E-state index in [0.29, 0.717) is 5.78 Å². The standard InChI is InChI=1S/C14H18O2/c1-16-13-7-4-5-11(10-13)9-12-6-2-3-8-14(12)15/h4-5,7,10,12H,2-3,6,8-9H2,1H3/t12-/m0/s1. The molecule has 2 heteroatoms. The summed E-state index contributed by atoms with van der Waals surface area (Å²) in [6.45, 7) is 0. The molecule has 1 saturated carbocycles. The molecule has 0 N–H and O–H groups in total. The Bertz CT molecular complexity index is 371. The van der Waals surface area contributed by atoms with Gasteiger partial charge in [0.25, 0.3) is 0 Å². The smallest absolute Gasteiger partial charge is 0.136 e. The number of methoxy groups -OCH3 is 1. The fourth-order valence-corrected chi connectivity index (χ4v) is 2.35. The summed E-state index contributed by atoms with van der Waals surface area (Å²) >= 11 is 0. The summed E-state index contributed by atoms with van der Waals surface area (Å²) in [7, 11) is 1.67. The Kier molecular flexibility index (Phi) is 3.60. The molecule has 1 aromatic carbocycles. The number of hydrogen-bond donors (Lipinski definition) is 0. The first-order valence-corrected chi connectivity index (χ1v) is 5.95. The third-order valence-corrected chi connectivity index (χ3v) is 3.30. The van der Waals surface area contributed by atoms with Crippen molar-refractivity contribution in [1.82, 2.24) is 0 Å². The predicted octanol–water partition coefficient (Wildman–Crippen LogP) is 3.00. The highest BCUT2D eigenvalue weighted by atomic mass is 16.5. The van der Waals surface area contributed by atoms with E-state index in [-0.39, 0.29) is 5.92 Å². The van der Waals surface area contributed by atoms with Crippen LogP contribution >= 0.6 is 0 Å². The highest BCUT2D eigenvalue weighted by molar-refractivity contribution is 5.81. The zero-order chi connectivity index (χ0) is 11.4. The number of rotatable bonds is 3. The maximum absolute atomic E-state index is 11.7. The quantitative estimate of drug-likeness (QED) is 0.779. The third kappa shape index (κ3) is 2.63. The van der Waals surface area contributed by atoms with E-state index in [1.165, 1.54) is 12.0 Å². The zero-order valence-corrected chi connectivity index (χ0v) is 9.74. The van der Waals surface area contributed by atoms with E-state index in [9.17, 15) is 4.79 Å². The summed E-state index contributed by atoms with van der Waals surface area (Å²) in [6, 6.07) is 8.03. The summed E-state index contributed by atoms with van der Waals surface area (Å²) in [5, 5.41) is 0. The van der Waals surface area contributed by atoms with Gasteiger partial charge in [0.05, 0.1) is 7.11 Å². The fourth-order valence-electron chi connectivity index (χ4n) is 2.35. The molecule has 16 heavy (non-hydrogen) atoms. The Hall–Kier alpha value is -1.31. The van der Waals surface area contributed by atoms with E-state index in [4.69, 9.17) is 4.74 Å². The van der Waals surface area contributed by atoms with Crippen molar-refractivity contribution >= 4 is 5.78 Å². The van der Waals surface area contributed by atoms with E-state index < -0.39 is 0 Å². The molecule has 1 aliphatic carbocycles. The number of carbonyl (C=O) groups is 1. The summed E-state index contributed by atoms with van der Waals surface area (Å²) in [5.74, 6) is 1.55. The van der Waals surface area contributed by atoms with Crippen molar-refractivity contribution in [2.24, 2.45) is 5.92 Å². The SMILES string of the molecule is COc1cccc(C[C@@H]2CCCCC2=O)c1. The molecule has 0 amide bonds. The Morgan fingerprint density at radius 1 is 1.38 bits per heavy atom. The minimum Gasteiger partial charge on any atom is -0.497 e. The summed E-state index contributed by atoms with van der Waals surface area (Å²) < 4.78 is 5.19. The fraction of sp³-hybridized carbons (Fsp3) is 0.500. The molecule has 0 spiro atoms. The molecule has 1 aliphatic rings. The highest BCUT2D eigenvalue weighted by Gasteiger charge is 2.22. The molecule has 2 rings (SSSR count). The number of ether oxygens (including phenoxy) is 1. The van der Waals surface area contributed by atoms with Crippen LogP contribution < -0.4 is 4.74 Å². The molecule has 0 aliphatic heterocycles. The lowest BCUT2D eigenvalue weighted by Gasteiger charge is -2.20. The minimum absolute atomic E-state index is 0.237. The van der Waals surface area contributed by atoms with Crippen molar-refractivity contribution in [1.29, 1.82) is 0 Å². The van der Waals surface area contributed by atoms with Gasteiger partial charge >= 0.3 is 0 Å². The highest BCUT2D eigenvalue weighted by Crippen LogP contribution is 2.25. The molecule has 0 aromatic heterocycles. The number of Topliss-reactive ketones (excluding diaryl/α,β-unsaturated/α-hetero) is 1. The summed E-state index contributed by atoms with van der Waals surface area (Å²) in [5.41, 5.74) is 1.21. The summed E-state index contributed by atoms with van der Waals surface area (Å²) in [6.07, 6.45) is 4.97. The van der Waals surface area contributed by atoms with Gasteiger partial charge in [-0.05, 0) is 37.0 Å². The summed E-state index contributed by atoms with van der Waals surface area (Å²) in [4.78, 5) is 11.7. The van der Waals surface area contributed by atoms with Crippen LogP contribution in [0.3, 0.4) is 0 Å². The Morgan fingerprint density at radius 3 is 3.00 bits per heavy atom. The molecule has 0 unspecified atom stereocenters. The van der Waals surface area contributed by atoms with E-state index in [1.54, 1.807) is 7.11 Å². The molecule has 1 atom stereocenters. The van der Waals surface area contributed by atoms with Crippen molar-refractivity contribution in [3.63, 3.8) is 0 Å². The van der Waals surface area contributed by atoms with Gasteiger partial charge in [-0.25, -0.2) is 0 Å². The van der Waals surface area contributed by atoms with E-state index in [2.05, 4.69) is 6.07 Å². The van der Waals surface area contributed by atoms with Gasteiger partial charge in [0.2, 0.25) is 0 Å². The lowest BCUT2D eigenvalue weighted by atomic mass is 9.84. The maximum atomic E-state index is 11.7. The normalized spacial score (nSPS) is 20.8. The first kappa shape index (κ1) is 11.2. The topological polar surface area (TPSA) is 26.3 Å².